The molecule has 0 aliphatic carbocycles. The van der Waals surface area contributed by atoms with Crippen molar-refractivity contribution in [2.24, 2.45) is 0 Å². The lowest BCUT2D eigenvalue weighted by Gasteiger charge is -2.14. The van der Waals surface area contributed by atoms with Gasteiger partial charge in [0.2, 0.25) is 17.7 Å². The molecule has 2 heterocycles. The van der Waals surface area contributed by atoms with Crippen LogP contribution in [0.2, 0.25) is 0 Å². The fourth-order valence-electron chi connectivity index (χ4n) is 2.78. The molecule has 3 amide bonds. The first kappa shape index (κ1) is 19.5. The third kappa shape index (κ3) is 4.73. The Labute approximate surface area is 162 Å². The molecule has 0 radical (unpaired) electrons. The Bertz CT molecular complexity index is 877. The summed E-state index contributed by atoms with van der Waals surface area (Å²) in [4.78, 5) is 41.0. The van der Waals surface area contributed by atoms with Gasteiger partial charge >= 0.3 is 0 Å². The Hall–Kier alpha value is -3.23. The number of para-hydroxylation sites is 1. The van der Waals surface area contributed by atoms with Gasteiger partial charge in [0.05, 0.1) is 17.7 Å². The van der Waals surface area contributed by atoms with Crippen molar-refractivity contribution < 1.29 is 18.9 Å². The van der Waals surface area contributed by atoms with Gasteiger partial charge in [-0.15, -0.1) is 0 Å². The van der Waals surface area contributed by atoms with Crippen molar-refractivity contribution in [1.82, 2.24) is 20.8 Å². The molecule has 3 rings (SSSR count). The predicted octanol–water partition coefficient (Wildman–Crippen LogP) is 1.38. The molecule has 9 nitrogen and oxygen atoms in total. The largest absolute Gasteiger partial charge is 0.356 e. The summed E-state index contributed by atoms with van der Waals surface area (Å²) in [5, 5.41) is 11.9. The maximum Gasteiger partial charge on any atom is 0.254 e. The molecule has 3 N–H and O–H groups in total. The van der Waals surface area contributed by atoms with E-state index in [4.69, 9.17) is 4.52 Å². The number of fused-ring (bicyclic) bond motifs is 1. The second-order valence-electron chi connectivity index (χ2n) is 6.92. The number of benzene rings is 1. The normalized spacial score (nSPS) is 16.2. The zero-order chi connectivity index (χ0) is 20.1. The van der Waals surface area contributed by atoms with Crippen molar-refractivity contribution in [3.8, 4) is 0 Å². The zero-order valence-corrected chi connectivity index (χ0v) is 15.8. The summed E-state index contributed by atoms with van der Waals surface area (Å²) in [6.07, 6.45) is 1.04. The van der Waals surface area contributed by atoms with Gasteiger partial charge in [0.15, 0.2) is 5.82 Å². The van der Waals surface area contributed by atoms with E-state index >= 15 is 0 Å². The molecule has 28 heavy (non-hydrogen) atoms. The van der Waals surface area contributed by atoms with Gasteiger partial charge in [-0.2, -0.15) is 4.98 Å². The first-order chi connectivity index (χ1) is 13.4. The summed E-state index contributed by atoms with van der Waals surface area (Å²) >= 11 is 0. The van der Waals surface area contributed by atoms with Gasteiger partial charge in [0.25, 0.3) is 5.91 Å². The molecule has 1 aliphatic rings. The van der Waals surface area contributed by atoms with Crippen molar-refractivity contribution >= 4 is 23.4 Å². The van der Waals surface area contributed by atoms with Crippen LogP contribution in [0.1, 0.15) is 54.7 Å². The molecule has 1 atom stereocenters. The number of aryl methyl sites for hydroxylation is 1. The number of amides is 3. The standard InChI is InChI=1S/C19H23N5O4/c1-11(2)17-23-16(28-24-17)8-5-9-20-15(25)10-14-19(27)21-13-7-4-3-6-12(13)18(26)22-14/h3-4,6-7,11,14H,5,8-10H2,1-2H3,(H,20,25)(H,21,27)(H,22,26)/t14-/m1/s1. The number of aromatic nitrogens is 2. The van der Waals surface area contributed by atoms with Crippen LogP contribution in [-0.2, 0) is 16.0 Å². The number of carbonyl (C=O) groups excluding carboxylic acids is 3. The van der Waals surface area contributed by atoms with Gasteiger partial charge in [-0.05, 0) is 18.6 Å². The topological polar surface area (TPSA) is 126 Å². The molecule has 0 saturated heterocycles. The summed E-state index contributed by atoms with van der Waals surface area (Å²) in [7, 11) is 0. The Morgan fingerprint density at radius 1 is 1.29 bits per heavy atom. The van der Waals surface area contributed by atoms with Crippen LogP contribution in [0.25, 0.3) is 0 Å². The Morgan fingerprint density at radius 3 is 2.82 bits per heavy atom. The lowest BCUT2D eigenvalue weighted by Crippen LogP contribution is -2.44. The number of nitrogens with one attached hydrogen (secondary N) is 3. The molecule has 0 spiro atoms. The highest BCUT2D eigenvalue weighted by atomic mass is 16.5. The van der Waals surface area contributed by atoms with E-state index in [9.17, 15) is 14.4 Å². The molecule has 1 aliphatic heterocycles. The number of nitrogens with zero attached hydrogens (tertiary/aromatic N) is 2. The second-order valence-corrected chi connectivity index (χ2v) is 6.92. The lowest BCUT2D eigenvalue weighted by atomic mass is 10.1. The third-order valence-corrected chi connectivity index (χ3v) is 4.33. The van der Waals surface area contributed by atoms with Crippen LogP contribution in [0, 0.1) is 0 Å². The number of hydrogen-bond acceptors (Lipinski definition) is 6. The summed E-state index contributed by atoms with van der Waals surface area (Å²) in [6, 6.07) is 5.79. The number of carbonyl (C=O) groups is 3. The highest BCUT2D eigenvalue weighted by molar-refractivity contribution is 6.10. The molecule has 0 fully saturated rings. The van der Waals surface area contributed by atoms with Gasteiger partial charge in [-0.1, -0.05) is 31.1 Å². The second kappa shape index (κ2) is 8.64. The number of anilines is 1. The SMILES string of the molecule is CC(C)c1noc(CCCNC(=O)C[C@H]2NC(=O)c3ccccc3NC2=O)n1. The maximum atomic E-state index is 12.3. The van der Waals surface area contributed by atoms with Crippen molar-refractivity contribution in [3.63, 3.8) is 0 Å². The van der Waals surface area contributed by atoms with E-state index in [1.165, 1.54) is 0 Å². The van der Waals surface area contributed by atoms with Crippen LogP contribution >= 0.6 is 0 Å². The first-order valence-corrected chi connectivity index (χ1v) is 9.24. The molecular formula is C19H23N5O4. The van der Waals surface area contributed by atoms with E-state index in [-0.39, 0.29) is 24.2 Å². The minimum Gasteiger partial charge on any atom is -0.356 e. The van der Waals surface area contributed by atoms with Crippen LogP contribution < -0.4 is 16.0 Å². The molecular weight excluding hydrogens is 362 g/mol. The molecule has 0 saturated carbocycles. The van der Waals surface area contributed by atoms with E-state index in [2.05, 4.69) is 26.1 Å². The Balaban J connectivity index is 1.45. The Kier molecular flexibility index (Phi) is 6.03. The van der Waals surface area contributed by atoms with E-state index in [0.717, 1.165) is 0 Å². The average Bonchev–Trinajstić information content (AvgIpc) is 3.10. The van der Waals surface area contributed by atoms with E-state index in [1.807, 2.05) is 13.8 Å². The average molecular weight is 385 g/mol. The maximum absolute atomic E-state index is 12.3. The molecule has 9 heteroatoms. The first-order valence-electron chi connectivity index (χ1n) is 9.24. The van der Waals surface area contributed by atoms with Crippen molar-refractivity contribution in [2.75, 3.05) is 11.9 Å². The summed E-state index contributed by atoms with van der Waals surface area (Å²) in [5.41, 5.74) is 0.812. The van der Waals surface area contributed by atoms with E-state index in [1.54, 1.807) is 24.3 Å². The fourth-order valence-corrected chi connectivity index (χ4v) is 2.78. The molecule has 1 aromatic carbocycles. The molecule has 2 aromatic rings. The molecule has 1 aromatic heterocycles. The quantitative estimate of drug-likeness (QED) is 0.618. The van der Waals surface area contributed by atoms with Gasteiger partial charge in [-0.3, -0.25) is 14.4 Å². The van der Waals surface area contributed by atoms with Gasteiger partial charge in [0.1, 0.15) is 6.04 Å². The zero-order valence-electron chi connectivity index (χ0n) is 15.8. The van der Waals surface area contributed by atoms with Crippen LogP contribution in [0.3, 0.4) is 0 Å². The number of rotatable bonds is 7. The van der Waals surface area contributed by atoms with E-state index < -0.39 is 11.9 Å². The van der Waals surface area contributed by atoms with Crippen LogP contribution in [0.4, 0.5) is 5.69 Å². The molecule has 0 unspecified atom stereocenters. The fraction of sp³-hybridized carbons (Fsp3) is 0.421. The van der Waals surface area contributed by atoms with Gasteiger partial charge in [0, 0.05) is 18.9 Å². The molecule has 148 valence electrons. The smallest absolute Gasteiger partial charge is 0.254 e. The summed E-state index contributed by atoms with van der Waals surface area (Å²) in [5.74, 6) is 0.273. The van der Waals surface area contributed by atoms with Crippen LogP contribution in [-0.4, -0.2) is 40.4 Å². The minimum atomic E-state index is -0.926. The predicted molar refractivity (Wildman–Crippen MR) is 101 cm³/mol. The van der Waals surface area contributed by atoms with Crippen LogP contribution in [0.5, 0.6) is 0 Å². The van der Waals surface area contributed by atoms with Crippen molar-refractivity contribution in [2.45, 2.75) is 45.1 Å². The summed E-state index contributed by atoms with van der Waals surface area (Å²) < 4.78 is 5.15. The van der Waals surface area contributed by atoms with Gasteiger partial charge in [-0.25, -0.2) is 0 Å². The van der Waals surface area contributed by atoms with Crippen molar-refractivity contribution in [1.29, 1.82) is 0 Å². The minimum absolute atomic E-state index is 0.135. The van der Waals surface area contributed by atoms with Crippen LogP contribution in [0.15, 0.2) is 28.8 Å². The highest BCUT2D eigenvalue weighted by Crippen LogP contribution is 2.18. The van der Waals surface area contributed by atoms with Crippen molar-refractivity contribution in [3.05, 3.63) is 41.5 Å². The highest BCUT2D eigenvalue weighted by Gasteiger charge is 2.29. The van der Waals surface area contributed by atoms with Gasteiger partial charge < -0.3 is 20.5 Å². The monoisotopic (exact) mass is 385 g/mol. The summed E-state index contributed by atoms with van der Waals surface area (Å²) in [6.45, 7) is 4.37. The lowest BCUT2D eigenvalue weighted by molar-refractivity contribution is -0.125. The third-order valence-electron chi connectivity index (χ3n) is 4.33. The Morgan fingerprint density at radius 2 is 2.07 bits per heavy atom. The molecule has 0 bridgehead atoms. The number of hydrogen-bond donors (Lipinski definition) is 3. The van der Waals surface area contributed by atoms with E-state index in [0.29, 0.717) is 42.4 Å².